The van der Waals surface area contributed by atoms with Crippen molar-refractivity contribution in [3.8, 4) is 0 Å². The van der Waals surface area contributed by atoms with Crippen molar-refractivity contribution in [1.29, 1.82) is 0 Å². The predicted octanol–water partition coefficient (Wildman–Crippen LogP) is 3.84. The number of benzene rings is 1. The Balaban J connectivity index is 2.37. The smallest absolute Gasteiger partial charge is 0.0308 e. The number of fused-ring (bicyclic) bond motifs is 1. The third kappa shape index (κ3) is 2.44. The van der Waals surface area contributed by atoms with Crippen molar-refractivity contribution in [1.82, 2.24) is 0 Å². The number of rotatable bonds is 1. The molecule has 1 aliphatic rings. The summed E-state index contributed by atoms with van der Waals surface area (Å²) in [5, 5.41) is 0.671. The summed E-state index contributed by atoms with van der Waals surface area (Å²) in [4.78, 5) is 0. The normalized spacial score (nSPS) is 25.3. The Morgan fingerprint density at radius 3 is 2.81 bits per heavy atom. The Morgan fingerprint density at radius 1 is 1.38 bits per heavy atom. The molecule has 0 spiro atoms. The minimum atomic E-state index is 0.221. The lowest BCUT2D eigenvalue weighted by Gasteiger charge is -2.16. The number of nitrogens with two attached hydrogens (primary N) is 1. The van der Waals surface area contributed by atoms with E-state index in [0.717, 1.165) is 12.2 Å². The molecule has 1 nitrogen and oxygen atoms in total. The van der Waals surface area contributed by atoms with Crippen LogP contribution in [0.1, 0.15) is 55.8 Å². The molecule has 2 rings (SSSR count). The highest BCUT2D eigenvalue weighted by Crippen LogP contribution is 2.34. The third-order valence-corrected chi connectivity index (χ3v) is 4.58. The van der Waals surface area contributed by atoms with Crippen LogP contribution in [0.5, 0.6) is 0 Å². The van der Waals surface area contributed by atoms with E-state index in [9.17, 15) is 0 Å². The number of thioether (sulfide) groups is 1. The monoisotopic (exact) mass is 235 g/mol. The summed E-state index contributed by atoms with van der Waals surface area (Å²) in [6, 6.07) is 7.07. The van der Waals surface area contributed by atoms with Crippen molar-refractivity contribution < 1.29 is 0 Å². The van der Waals surface area contributed by atoms with Gasteiger partial charge in [0.1, 0.15) is 0 Å². The Labute approximate surface area is 103 Å². The van der Waals surface area contributed by atoms with Gasteiger partial charge >= 0.3 is 0 Å². The lowest BCUT2D eigenvalue weighted by atomic mass is 9.93. The van der Waals surface area contributed by atoms with Gasteiger partial charge in [-0.1, -0.05) is 39.0 Å². The molecule has 0 bridgehead atoms. The van der Waals surface area contributed by atoms with E-state index in [1.165, 1.54) is 16.7 Å². The van der Waals surface area contributed by atoms with E-state index in [-0.39, 0.29) is 6.04 Å². The van der Waals surface area contributed by atoms with Crippen LogP contribution in [-0.2, 0) is 5.75 Å². The molecule has 0 saturated heterocycles. The van der Waals surface area contributed by atoms with Gasteiger partial charge in [-0.15, -0.1) is 0 Å². The van der Waals surface area contributed by atoms with E-state index in [2.05, 4.69) is 39.0 Å². The topological polar surface area (TPSA) is 26.0 Å². The van der Waals surface area contributed by atoms with Gasteiger partial charge in [-0.2, -0.15) is 11.8 Å². The number of hydrogen-bond donors (Lipinski definition) is 1. The van der Waals surface area contributed by atoms with E-state index in [4.69, 9.17) is 5.73 Å². The van der Waals surface area contributed by atoms with E-state index in [1.807, 2.05) is 11.8 Å². The first-order chi connectivity index (χ1) is 7.58. The van der Waals surface area contributed by atoms with Crippen LogP contribution >= 0.6 is 11.8 Å². The van der Waals surface area contributed by atoms with E-state index >= 15 is 0 Å². The van der Waals surface area contributed by atoms with Crippen LogP contribution in [0.25, 0.3) is 0 Å². The van der Waals surface area contributed by atoms with Crippen LogP contribution in [0.2, 0.25) is 0 Å². The summed E-state index contributed by atoms with van der Waals surface area (Å²) in [5.41, 5.74) is 10.5. The fraction of sp³-hybridized carbons (Fsp3) is 0.571. The minimum absolute atomic E-state index is 0.221. The van der Waals surface area contributed by atoms with Crippen molar-refractivity contribution in [2.24, 2.45) is 5.73 Å². The highest BCUT2D eigenvalue weighted by molar-refractivity contribution is 7.99. The molecule has 1 aromatic carbocycles. The lowest BCUT2D eigenvalue weighted by Crippen LogP contribution is -2.14. The van der Waals surface area contributed by atoms with Crippen LogP contribution < -0.4 is 5.73 Å². The lowest BCUT2D eigenvalue weighted by molar-refractivity contribution is 0.649. The fourth-order valence-corrected chi connectivity index (χ4v) is 3.30. The second kappa shape index (κ2) is 4.80. The molecular formula is C14H21NS. The Hall–Kier alpha value is -0.470. The fourth-order valence-electron chi connectivity index (χ4n) is 2.23. The maximum Gasteiger partial charge on any atom is 0.0308 e. The highest BCUT2D eigenvalue weighted by Gasteiger charge is 2.20. The molecule has 0 aliphatic carbocycles. The van der Waals surface area contributed by atoms with Crippen LogP contribution in [0.4, 0.5) is 0 Å². The van der Waals surface area contributed by atoms with Gasteiger partial charge < -0.3 is 5.73 Å². The zero-order chi connectivity index (χ0) is 11.7. The summed E-state index contributed by atoms with van der Waals surface area (Å²) < 4.78 is 0. The molecule has 2 heteroatoms. The molecule has 0 radical (unpaired) electrons. The maximum absolute atomic E-state index is 6.29. The van der Waals surface area contributed by atoms with Crippen LogP contribution in [0.15, 0.2) is 18.2 Å². The van der Waals surface area contributed by atoms with E-state index < -0.39 is 0 Å². The summed E-state index contributed by atoms with van der Waals surface area (Å²) in [7, 11) is 0. The molecule has 0 aromatic heterocycles. The van der Waals surface area contributed by atoms with Crippen molar-refractivity contribution in [3.05, 3.63) is 34.9 Å². The van der Waals surface area contributed by atoms with Crippen LogP contribution in [-0.4, -0.2) is 5.25 Å². The highest BCUT2D eigenvalue weighted by atomic mass is 32.2. The van der Waals surface area contributed by atoms with Crippen molar-refractivity contribution in [2.45, 2.75) is 50.2 Å². The van der Waals surface area contributed by atoms with Crippen molar-refractivity contribution >= 4 is 11.8 Å². The van der Waals surface area contributed by atoms with Crippen molar-refractivity contribution in [2.75, 3.05) is 0 Å². The quantitative estimate of drug-likeness (QED) is 0.800. The summed E-state index contributed by atoms with van der Waals surface area (Å²) in [5.74, 6) is 1.70. The molecule has 88 valence electrons. The molecule has 0 saturated carbocycles. The molecule has 2 N–H and O–H groups in total. The van der Waals surface area contributed by atoms with Gasteiger partial charge in [0.05, 0.1) is 0 Å². The van der Waals surface area contributed by atoms with Crippen LogP contribution in [0.3, 0.4) is 0 Å². The van der Waals surface area contributed by atoms with Gasteiger partial charge in [-0.3, -0.25) is 0 Å². The molecule has 0 amide bonds. The predicted molar refractivity (Wildman–Crippen MR) is 72.8 cm³/mol. The Kier molecular flexibility index (Phi) is 3.60. The van der Waals surface area contributed by atoms with Gasteiger partial charge in [0.25, 0.3) is 0 Å². The molecular weight excluding hydrogens is 214 g/mol. The average molecular weight is 235 g/mol. The van der Waals surface area contributed by atoms with Gasteiger partial charge in [0.15, 0.2) is 0 Å². The maximum atomic E-state index is 6.29. The van der Waals surface area contributed by atoms with E-state index in [1.54, 1.807) is 0 Å². The molecule has 16 heavy (non-hydrogen) atoms. The molecule has 1 aliphatic heterocycles. The molecule has 0 fully saturated rings. The van der Waals surface area contributed by atoms with Gasteiger partial charge in [-0.05, 0) is 29.0 Å². The number of hydrogen-bond acceptors (Lipinski definition) is 2. The average Bonchev–Trinajstić information content (AvgIpc) is 2.38. The second-order valence-corrected chi connectivity index (χ2v) is 6.50. The summed E-state index contributed by atoms with van der Waals surface area (Å²) in [6.45, 7) is 6.75. The second-order valence-electron chi connectivity index (χ2n) is 5.08. The minimum Gasteiger partial charge on any atom is -0.324 e. The first kappa shape index (κ1) is 12.0. The molecule has 1 aromatic rings. The van der Waals surface area contributed by atoms with Crippen LogP contribution in [0, 0.1) is 0 Å². The van der Waals surface area contributed by atoms with E-state index in [0.29, 0.717) is 11.2 Å². The first-order valence-electron chi connectivity index (χ1n) is 6.08. The Bertz CT molecular complexity index is 373. The zero-order valence-electron chi connectivity index (χ0n) is 10.4. The SMILES string of the molecule is CC1C[C@@H](N)c2cc(C(C)C)ccc2CS1. The van der Waals surface area contributed by atoms with Gasteiger partial charge in [0.2, 0.25) is 0 Å². The zero-order valence-corrected chi connectivity index (χ0v) is 11.2. The largest absolute Gasteiger partial charge is 0.324 e. The third-order valence-electron chi connectivity index (χ3n) is 3.35. The summed E-state index contributed by atoms with van der Waals surface area (Å²) >= 11 is 2.02. The Morgan fingerprint density at radius 2 is 2.12 bits per heavy atom. The van der Waals surface area contributed by atoms with Crippen molar-refractivity contribution in [3.63, 3.8) is 0 Å². The first-order valence-corrected chi connectivity index (χ1v) is 7.12. The molecule has 1 heterocycles. The molecule has 1 unspecified atom stereocenters. The summed E-state index contributed by atoms with van der Waals surface area (Å²) in [6.07, 6.45) is 1.10. The molecule has 2 atom stereocenters. The standard InChI is InChI=1S/C14H21NS/c1-9(2)11-4-5-12-8-16-10(3)6-14(15)13(12)7-11/h4-5,7,9-10,14H,6,8,15H2,1-3H3/t10?,14-/m1/s1. The van der Waals surface area contributed by atoms with Gasteiger partial charge in [0, 0.05) is 17.0 Å². The van der Waals surface area contributed by atoms with Gasteiger partial charge in [-0.25, -0.2) is 0 Å².